The van der Waals surface area contributed by atoms with Crippen LogP contribution in [0.2, 0.25) is 0 Å². The van der Waals surface area contributed by atoms with Crippen LogP contribution in [0.4, 0.5) is 5.13 Å². The quantitative estimate of drug-likeness (QED) is 0.696. The molecule has 2 aromatic rings. The summed E-state index contributed by atoms with van der Waals surface area (Å²) in [5.74, 6) is -0.358. The molecule has 1 aromatic carbocycles. The van der Waals surface area contributed by atoms with E-state index < -0.39 is 18.5 Å². The first-order valence-electron chi connectivity index (χ1n) is 9.38. The Morgan fingerprint density at radius 3 is 2.76 bits per heavy atom. The van der Waals surface area contributed by atoms with Crippen LogP contribution in [0.15, 0.2) is 29.6 Å². The van der Waals surface area contributed by atoms with Gasteiger partial charge >= 0.3 is 5.97 Å². The van der Waals surface area contributed by atoms with Gasteiger partial charge in [0.15, 0.2) is 11.7 Å². The molecule has 1 saturated heterocycles. The SMILES string of the molecule is COc1ccc(-c2csc(NC(=O)COC(=O)CN3CCCCCC3=O)n2)cc1. The first-order chi connectivity index (χ1) is 14.0. The molecule has 2 amide bonds. The predicted molar refractivity (Wildman–Crippen MR) is 109 cm³/mol. The first-order valence-corrected chi connectivity index (χ1v) is 10.3. The average molecular weight is 417 g/mol. The number of carbonyl (C=O) groups excluding carboxylic acids is 3. The highest BCUT2D eigenvalue weighted by atomic mass is 32.1. The highest BCUT2D eigenvalue weighted by Gasteiger charge is 2.20. The Bertz CT molecular complexity index is 865. The van der Waals surface area contributed by atoms with Crippen LogP contribution in [-0.4, -0.2) is 54.5 Å². The lowest BCUT2D eigenvalue weighted by Crippen LogP contribution is -2.36. The normalized spacial score (nSPS) is 14.2. The minimum Gasteiger partial charge on any atom is -0.497 e. The van der Waals surface area contributed by atoms with E-state index in [9.17, 15) is 14.4 Å². The topological polar surface area (TPSA) is 97.8 Å². The number of aromatic nitrogens is 1. The molecule has 1 aromatic heterocycles. The maximum Gasteiger partial charge on any atom is 0.326 e. The molecule has 1 fully saturated rings. The number of esters is 1. The number of benzene rings is 1. The summed E-state index contributed by atoms with van der Waals surface area (Å²) >= 11 is 1.28. The molecule has 1 aliphatic heterocycles. The molecule has 0 atom stereocenters. The zero-order valence-electron chi connectivity index (χ0n) is 16.2. The third-order valence-electron chi connectivity index (χ3n) is 4.49. The second kappa shape index (κ2) is 10.0. The van der Waals surface area contributed by atoms with Gasteiger partial charge in [0.1, 0.15) is 12.3 Å². The number of hydrogen-bond acceptors (Lipinski definition) is 7. The van der Waals surface area contributed by atoms with Crippen LogP contribution in [0.25, 0.3) is 11.3 Å². The van der Waals surface area contributed by atoms with Crippen LogP contribution >= 0.6 is 11.3 Å². The molecule has 0 unspecified atom stereocenters. The van der Waals surface area contributed by atoms with Crippen molar-refractivity contribution < 1.29 is 23.9 Å². The van der Waals surface area contributed by atoms with Crippen LogP contribution in [0.3, 0.4) is 0 Å². The van der Waals surface area contributed by atoms with Crippen LogP contribution in [0, 0.1) is 0 Å². The van der Waals surface area contributed by atoms with Gasteiger partial charge in [0, 0.05) is 23.9 Å². The van der Waals surface area contributed by atoms with Gasteiger partial charge in [-0.1, -0.05) is 6.42 Å². The standard InChI is InChI=1S/C20H23N3O5S/c1-27-15-8-6-14(7-9-15)16-13-29-20(21-16)22-17(24)12-28-19(26)11-23-10-4-2-3-5-18(23)25/h6-9,13H,2-5,10-12H2,1H3,(H,21,22,24). The molecule has 1 N–H and O–H groups in total. The highest BCUT2D eigenvalue weighted by molar-refractivity contribution is 7.14. The smallest absolute Gasteiger partial charge is 0.326 e. The summed E-state index contributed by atoms with van der Waals surface area (Å²) in [5.41, 5.74) is 1.63. The van der Waals surface area contributed by atoms with E-state index in [1.807, 2.05) is 29.6 Å². The molecule has 0 radical (unpaired) electrons. The van der Waals surface area contributed by atoms with Gasteiger partial charge in [-0.15, -0.1) is 11.3 Å². The van der Waals surface area contributed by atoms with Crippen molar-refractivity contribution in [2.45, 2.75) is 25.7 Å². The fourth-order valence-electron chi connectivity index (χ4n) is 2.93. The van der Waals surface area contributed by atoms with Crippen molar-refractivity contribution in [1.82, 2.24) is 9.88 Å². The largest absolute Gasteiger partial charge is 0.497 e. The molecule has 0 saturated carbocycles. The fourth-order valence-corrected chi connectivity index (χ4v) is 3.67. The second-order valence-electron chi connectivity index (χ2n) is 6.60. The summed E-state index contributed by atoms with van der Waals surface area (Å²) in [5, 5.41) is 4.86. The minimum absolute atomic E-state index is 0.0438. The summed E-state index contributed by atoms with van der Waals surface area (Å²) in [6.45, 7) is 0.0106. The van der Waals surface area contributed by atoms with Crippen LogP contribution < -0.4 is 10.1 Å². The van der Waals surface area contributed by atoms with Gasteiger partial charge in [-0.05, 0) is 37.1 Å². The Morgan fingerprint density at radius 2 is 2.00 bits per heavy atom. The van der Waals surface area contributed by atoms with Gasteiger partial charge in [-0.2, -0.15) is 0 Å². The summed E-state index contributed by atoms with van der Waals surface area (Å²) in [4.78, 5) is 41.8. The van der Waals surface area contributed by atoms with E-state index in [1.54, 1.807) is 7.11 Å². The summed E-state index contributed by atoms with van der Waals surface area (Å²) in [7, 11) is 1.60. The number of nitrogens with zero attached hydrogens (tertiary/aromatic N) is 2. The minimum atomic E-state index is -0.589. The third-order valence-corrected chi connectivity index (χ3v) is 5.25. The van der Waals surface area contributed by atoms with Gasteiger partial charge in [0.25, 0.3) is 5.91 Å². The molecule has 8 nitrogen and oxygen atoms in total. The number of nitrogens with one attached hydrogen (secondary N) is 1. The molecule has 3 rings (SSSR count). The Labute approximate surface area is 172 Å². The van der Waals surface area contributed by atoms with Crippen molar-refractivity contribution in [2.75, 3.05) is 32.1 Å². The number of rotatable bonds is 7. The Kier molecular flexibility index (Phi) is 7.18. The monoisotopic (exact) mass is 417 g/mol. The number of hydrogen-bond donors (Lipinski definition) is 1. The number of amides is 2. The molecular weight excluding hydrogens is 394 g/mol. The molecule has 29 heavy (non-hydrogen) atoms. The number of likely N-dealkylation sites (tertiary alicyclic amines) is 1. The second-order valence-corrected chi connectivity index (χ2v) is 7.46. The highest BCUT2D eigenvalue weighted by Crippen LogP contribution is 2.26. The maximum absolute atomic E-state index is 12.0. The molecule has 0 aliphatic carbocycles. The van der Waals surface area contributed by atoms with Gasteiger partial charge in [-0.25, -0.2) is 4.98 Å². The van der Waals surface area contributed by atoms with E-state index in [-0.39, 0.29) is 12.5 Å². The number of ether oxygens (including phenoxy) is 2. The van der Waals surface area contributed by atoms with Crippen molar-refractivity contribution in [1.29, 1.82) is 0 Å². The van der Waals surface area contributed by atoms with Crippen molar-refractivity contribution >= 4 is 34.3 Å². The summed E-state index contributed by atoms with van der Waals surface area (Å²) in [6, 6.07) is 7.43. The number of thiazole rings is 1. The van der Waals surface area contributed by atoms with Gasteiger partial charge in [0.05, 0.1) is 12.8 Å². The molecule has 154 valence electrons. The Morgan fingerprint density at radius 1 is 1.21 bits per heavy atom. The Balaban J connectivity index is 1.46. The fraction of sp³-hybridized carbons (Fsp3) is 0.400. The molecule has 9 heteroatoms. The molecule has 0 bridgehead atoms. The predicted octanol–water partition coefficient (Wildman–Crippen LogP) is 2.70. The van der Waals surface area contributed by atoms with E-state index >= 15 is 0 Å². The van der Waals surface area contributed by atoms with Gasteiger partial charge in [0.2, 0.25) is 5.91 Å². The summed E-state index contributed by atoms with van der Waals surface area (Å²) in [6.07, 6.45) is 3.15. The van der Waals surface area contributed by atoms with E-state index in [0.717, 1.165) is 36.3 Å². The number of methoxy groups -OCH3 is 1. The van der Waals surface area contributed by atoms with E-state index in [0.29, 0.717) is 18.1 Å². The van der Waals surface area contributed by atoms with E-state index in [4.69, 9.17) is 9.47 Å². The number of anilines is 1. The zero-order chi connectivity index (χ0) is 20.6. The van der Waals surface area contributed by atoms with Gasteiger partial charge in [-0.3, -0.25) is 19.7 Å². The van der Waals surface area contributed by atoms with E-state index in [1.165, 1.54) is 16.2 Å². The van der Waals surface area contributed by atoms with Crippen molar-refractivity contribution in [3.05, 3.63) is 29.6 Å². The van der Waals surface area contributed by atoms with Crippen LogP contribution in [0.5, 0.6) is 5.75 Å². The van der Waals surface area contributed by atoms with Crippen LogP contribution in [0.1, 0.15) is 25.7 Å². The Hall–Kier alpha value is -2.94. The van der Waals surface area contributed by atoms with E-state index in [2.05, 4.69) is 10.3 Å². The molecule has 0 spiro atoms. The first kappa shape index (κ1) is 20.8. The van der Waals surface area contributed by atoms with Crippen LogP contribution in [-0.2, 0) is 19.1 Å². The lowest BCUT2D eigenvalue weighted by atomic mass is 10.2. The zero-order valence-corrected chi connectivity index (χ0v) is 17.0. The summed E-state index contributed by atoms with van der Waals surface area (Å²) < 4.78 is 10.1. The molecular formula is C20H23N3O5S. The number of carbonyl (C=O) groups is 3. The molecule has 2 heterocycles. The lowest BCUT2D eigenvalue weighted by Gasteiger charge is -2.19. The van der Waals surface area contributed by atoms with Crippen molar-refractivity contribution in [3.63, 3.8) is 0 Å². The maximum atomic E-state index is 12.0. The van der Waals surface area contributed by atoms with Gasteiger partial charge < -0.3 is 14.4 Å². The lowest BCUT2D eigenvalue weighted by molar-refractivity contribution is -0.151. The third kappa shape index (κ3) is 6.02. The average Bonchev–Trinajstić information content (AvgIpc) is 3.10. The molecule has 1 aliphatic rings. The van der Waals surface area contributed by atoms with Crippen molar-refractivity contribution in [2.24, 2.45) is 0 Å². The van der Waals surface area contributed by atoms with Crippen molar-refractivity contribution in [3.8, 4) is 17.0 Å².